The van der Waals surface area contributed by atoms with E-state index in [-0.39, 0.29) is 11.8 Å². The first-order valence-electron chi connectivity index (χ1n) is 12.2. The topological polar surface area (TPSA) is 122 Å². The van der Waals surface area contributed by atoms with Gasteiger partial charge in [-0.05, 0) is 44.4 Å². The minimum Gasteiger partial charge on any atom is -0.507 e. The summed E-state index contributed by atoms with van der Waals surface area (Å²) < 4.78 is 1.90. The maximum absolute atomic E-state index is 10.3. The molecule has 3 N–H and O–H groups in total. The van der Waals surface area contributed by atoms with Crippen LogP contribution < -0.4 is 15.5 Å². The predicted octanol–water partition coefficient (Wildman–Crippen LogP) is 2.88. The lowest BCUT2D eigenvalue weighted by Gasteiger charge is -2.29. The van der Waals surface area contributed by atoms with Gasteiger partial charge in [0, 0.05) is 55.4 Å². The molecule has 1 saturated heterocycles. The smallest absolute Gasteiger partial charge is 0.206 e. The summed E-state index contributed by atoms with van der Waals surface area (Å²) in [6.45, 7) is 7.04. The summed E-state index contributed by atoms with van der Waals surface area (Å²) in [7, 11) is 0. The Morgan fingerprint density at radius 2 is 2.03 bits per heavy atom. The molecular weight excluding hydrogens is 466 g/mol. The molecule has 0 unspecified atom stereocenters. The second kappa shape index (κ2) is 10.5. The molecule has 0 spiro atoms. The van der Waals surface area contributed by atoms with Gasteiger partial charge in [0.2, 0.25) is 5.82 Å². The monoisotopic (exact) mass is 495 g/mol. The molecule has 0 radical (unpaired) electrons. The lowest BCUT2D eigenvalue weighted by Crippen LogP contribution is -2.36. The lowest BCUT2D eigenvalue weighted by molar-refractivity contribution is 0.477. The average molecular weight is 496 g/mol. The van der Waals surface area contributed by atoms with Gasteiger partial charge in [-0.2, -0.15) is 0 Å². The average Bonchev–Trinajstić information content (AvgIpc) is 3.34. The van der Waals surface area contributed by atoms with E-state index in [1.165, 1.54) is 0 Å². The second-order valence-corrected chi connectivity index (χ2v) is 9.07. The number of para-hydroxylation sites is 1. The highest BCUT2D eigenvalue weighted by Crippen LogP contribution is 2.32. The Labute approximate surface area is 215 Å². The van der Waals surface area contributed by atoms with E-state index in [1.54, 1.807) is 24.7 Å². The van der Waals surface area contributed by atoms with E-state index in [2.05, 4.69) is 48.7 Å². The number of nitrogen functional groups attached to an aromatic ring is 1. The summed E-state index contributed by atoms with van der Waals surface area (Å²) in [6, 6.07) is 9.25. The molecule has 0 bridgehead atoms. The number of rotatable bonds is 4. The number of phenolic OH excluding ortho intramolecular Hbond substituents is 1. The zero-order valence-electron chi connectivity index (χ0n) is 20.9. The summed E-state index contributed by atoms with van der Waals surface area (Å²) in [6.07, 6.45) is 8.07. The molecule has 1 fully saturated rings. The third kappa shape index (κ3) is 5.30. The quantitative estimate of drug-likeness (QED) is 0.412. The highest BCUT2D eigenvalue weighted by atomic mass is 16.3. The van der Waals surface area contributed by atoms with Gasteiger partial charge in [-0.3, -0.25) is 0 Å². The zero-order valence-corrected chi connectivity index (χ0v) is 20.9. The summed E-state index contributed by atoms with van der Waals surface area (Å²) >= 11 is 0. The SMILES string of the molecule is Cc1cnc(C#CCn2ccnc2)nc1N1CCN(c2cc(-c3ccccc3O)nnc2N)CC[C@H]1C. The summed E-state index contributed by atoms with van der Waals surface area (Å²) in [5, 5.41) is 18.7. The van der Waals surface area contributed by atoms with Crippen molar-refractivity contribution in [3.05, 3.63) is 66.6 Å². The van der Waals surface area contributed by atoms with Crippen LogP contribution in [0.5, 0.6) is 5.75 Å². The van der Waals surface area contributed by atoms with Gasteiger partial charge in [-0.25, -0.2) is 15.0 Å². The van der Waals surface area contributed by atoms with Crippen molar-refractivity contribution in [1.82, 2.24) is 29.7 Å². The summed E-state index contributed by atoms with van der Waals surface area (Å²) in [4.78, 5) is 17.8. The van der Waals surface area contributed by atoms with Crippen LogP contribution in [0, 0.1) is 18.8 Å². The lowest BCUT2D eigenvalue weighted by atomic mass is 10.1. The Bertz CT molecular complexity index is 1440. The molecule has 1 aromatic carbocycles. The number of aryl methyl sites for hydroxylation is 1. The Morgan fingerprint density at radius 3 is 2.84 bits per heavy atom. The number of hydrogen-bond acceptors (Lipinski definition) is 9. The first kappa shape index (κ1) is 24.1. The van der Waals surface area contributed by atoms with Crippen LogP contribution >= 0.6 is 0 Å². The normalized spacial score (nSPS) is 15.7. The maximum Gasteiger partial charge on any atom is 0.206 e. The number of nitrogens with two attached hydrogens (primary N) is 1. The Hall–Kier alpha value is -4.65. The molecule has 1 aliphatic heterocycles. The summed E-state index contributed by atoms with van der Waals surface area (Å²) in [5.41, 5.74) is 9.29. The molecule has 5 rings (SSSR count). The molecule has 1 aliphatic rings. The zero-order chi connectivity index (χ0) is 25.8. The molecule has 10 nitrogen and oxygen atoms in total. The second-order valence-electron chi connectivity index (χ2n) is 9.07. The molecule has 0 aliphatic carbocycles. The van der Waals surface area contributed by atoms with Crippen molar-refractivity contribution in [2.24, 2.45) is 0 Å². The van der Waals surface area contributed by atoms with Crippen LogP contribution in [-0.4, -0.2) is 60.5 Å². The highest BCUT2D eigenvalue weighted by Gasteiger charge is 2.25. The number of aromatic nitrogens is 6. The van der Waals surface area contributed by atoms with Gasteiger partial charge in [0.05, 0.1) is 24.3 Å². The first-order valence-corrected chi connectivity index (χ1v) is 12.2. The third-order valence-electron chi connectivity index (χ3n) is 6.52. The van der Waals surface area contributed by atoms with E-state index in [0.29, 0.717) is 29.4 Å². The molecule has 3 aromatic heterocycles. The standard InChI is InChI=1S/C27H29N9O/c1-19-17-30-25(8-5-11-34-13-10-29-18-34)31-27(19)36-15-14-35(12-9-20(36)2)23-16-22(32-33-26(23)28)21-6-3-4-7-24(21)37/h3-4,6-7,10,13,16-18,20,37H,9,11-12,14-15H2,1-2H3,(H2,28,33)/t20-/m1/s1. The van der Waals surface area contributed by atoms with Crippen LogP contribution in [-0.2, 0) is 6.54 Å². The Morgan fingerprint density at radius 1 is 1.16 bits per heavy atom. The van der Waals surface area contributed by atoms with Crippen molar-refractivity contribution < 1.29 is 5.11 Å². The molecule has 37 heavy (non-hydrogen) atoms. The fourth-order valence-corrected chi connectivity index (χ4v) is 4.46. The number of imidazole rings is 1. The molecule has 188 valence electrons. The molecular formula is C27H29N9O. The molecule has 0 saturated carbocycles. The van der Waals surface area contributed by atoms with E-state index in [9.17, 15) is 5.11 Å². The van der Waals surface area contributed by atoms with Crippen molar-refractivity contribution in [2.45, 2.75) is 32.9 Å². The van der Waals surface area contributed by atoms with E-state index in [0.717, 1.165) is 43.1 Å². The van der Waals surface area contributed by atoms with Gasteiger partial charge in [0.15, 0.2) is 5.82 Å². The van der Waals surface area contributed by atoms with Gasteiger partial charge in [0.1, 0.15) is 11.6 Å². The number of benzene rings is 1. The number of anilines is 3. The van der Waals surface area contributed by atoms with Crippen molar-refractivity contribution in [2.75, 3.05) is 35.2 Å². The number of phenols is 1. The van der Waals surface area contributed by atoms with Crippen LogP contribution in [0.1, 0.15) is 24.7 Å². The van der Waals surface area contributed by atoms with E-state index < -0.39 is 0 Å². The van der Waals surface area contributed by atoms with Crippen LogP contribution in [0.2, 0.25) is 0 Å². The van der Waals surface area contributed by atoms with Crippen molar-refractivity contribution in [1.29, 1.82) is 0 Å². The van der Waals surface area contributed by atoms with Gasteiger partial charge < -0.3 is 25.2 Å². The maximum atomic E-state index is 10.3. The number of nitrogens with zero attached hydrogens (tertiary/aromatic N) is 8. The number of hydrogen-bond donors (Lipinski definition) is 2. The molecule has 4 heterocycles. The molecule has 10 heteroatoms. The van der Waals surface area contributed by atoms with Crippen LogP contribution in [0.3, 0.4) is 0 Å². The fourth-order valence-electron chi connectivity index (χ4n) is 4.46. The van der Waals surface area contributed by atoms with Crippen molar-refractivity contribution >= 4 is 17.3 Å². The first-order chi connectivity index (χ1) is 18.0. The van der Waals surface area contributed by atoms with Gasteiger partial charge >= 0.3 is 0 Å². The van der Waals surface area contributed by atoms with Gasteiger partial charge in [-0.15, -0.1) is 10.2 Å². The van der Waals surface area contributed by atoms with Crippen LogP contribution in [0.4, 0.5) is 17.3 Å². The van der Waals surface area contributed by atoms with Crippen LogP contribution in [0.25, 0.3) is 11.3 Å². The molecule has 1 atom stereocenters. The molecule has 4 aromatic rings. The largest absolute Gasteiger partial charge is 0.507 e. The summed E-state index contributed by atoms with van der Waals surface area (Å²) in [5.74, 6) is 8.12. The number of aromatic hydroxyl groups is 1. The van der Waals surface area contributed by atoms with E-state index in [4.69, 9.17) is 10.7 Å². The molecule has 0 amide bonds. The van der Waals surface area contributed by atoms with Crippen LogP contribution in [0.15, 0.2) is 55.2 Å². The van der Waals surface area contributed by atoms with E-state index in [1.807, 2.05) is 42.1 Å². The van der Waals surface area contributed by atoms with Gasteiger partial charge in [-0.1, -0.05) is 18.1 Å². The minimum atomic E-state index is 0.159. The minimum absolute atomic E-state index is 0.159. The predicted molar refractivity (Wildman–Crippen MR) is 143 cm³/mol. The van der Waals surface area contributed by atoms with Crippen molar-refractivity contribution in [3.63, 3.8) is 0 Å². The fraction of sp³-hybridized carbons (Fsp3) is 0.296. The highest BCUT2D eigenvalue weighted by molar-refractivity contribution is 5.74. The third-order valence-corrected chi connectivity index (χ3v) is 6.52. The van der Waals surface area contributed by atoms with Gasteiger partial charge in [0.25, 0.3) is 0 Å². The Balaban J connectivity index is 1.36. The van der Waals surface area contributed by atoms with Crippen molar-refractivity contribution in [3.8, 4) is 28.8 Å². The van der Waals surface area contributed by atoms with E-state index >= 15 is 0 Å². The Kier molecular flexibility index (Phi) is 6.85.